The van der Waals surface area contributed by atoms with Crippen LogP contribution in [-0.4, -0.2) is 62.6 Å². The van der Waals surface area contributed by atoms with Crippen molar-refractivity contribution in [3.05, 3.63) is 29.3 Å². The van der Waals surface area contributed by atoms with Crippen molar-refractivity contribution < 1.29 is 23.1 Å². The number of benzene rings is 1. The number of esters is 1. The number of rotatable bonds is 7. The molecule has 0 bridgehead atoms. The van der Waals surface area contributed by atoms with Crippen molar-refractivity contribution in [1.29, 1.82) is 0 Å². The molecular weight excluding hydrogens is 320 g/mol. The highest BCUT2D eigenvalue weighted by molar-refractivity contribution is 5.94. The van der Waals surface area contributed by atoms with Gasteiger partial charge in [0.25, 0.3) is 0 Å². The zero-order chi connectivity index (χ0) is 18.3. The number of anilines is 1. The van der Waals surface area contributed by atoms with E-state index in [2.05, 4.69) is 10.1 Å². The number of hydrogen-bond donors (Lipinski definition) is 1. The van der Waals surface area contributed by atoms with E-state index in [1.807, 2.05) is 19.0 Å². The molecule has 0 fully saturated rings. The summed E-state index contributed by atoms with van der Waals surface area (Å²) in [7, 11) is 4.95. The lowest BCUT2D eigenvalue weighted by molar-refractivity contribution is 0.0595. The van der Waals surface area contributed by atoms with Gasteiger partial charge in [-0.1, -0.05) is 0 Å². The van der Waals surface area contributed by atoms with Crippen molar-refractivity contribution in [2.45, 2.75) is 13.3 Å². The molecule has 0 unspecified atom stereocenters. The predicted octanol–water partition coefficient (Wildman–Crippen LogP) is 2.56. The van der Waals surface area contributed by atoms with Gasteiger partial charge in [0.2, 0.25) is 0 Å². The minimum atomic E-state index is -1.05. The highest BCUT2D eigenvalue weighted by Gasteiger charge is 2.19. The van der Waals surface area contributed by atoms with E-state index in [0.717, 1.165) is 26.1 Å². The van der Waals surface area contributed by atoms with Gasteiger partial charge in [0.1, 0.15) is 11.6 Å². The van der Waals surface area contributed by atoms with Crippen LogP contribution in [0.25, 0.3) is 0 Å². The lowest BCUT2D eigenvalue weighted by Crippen LogP contribution is -2.36. The third kappa shape index (κ3) is 5.45. The first-order valence-corrected chi connectivity index (χ1v) is 7.58. The fourth-order valence-electron chi connectivity index (χ4n) is 2.09. The van der Waals surface area contributed by atoms with E-state index in [-0.39, 0.29) is 5.69 Å². The molecule has 0 spiro atoms. The molecule has 0 atom stereocenters. The minimum absolute atomic E-state index is 0.271. The molecule has 24 heavy (non-hydrogen) atoms. The second-order valence-electron chi connectivity index (χ2n) is 5.47. The van der Waals surface area contributed by atoms with Crippen LogP contribution >= 0.6 is 0 Å². The van der Waals surface area contributed by atoms with E-state index in [0.29, 0.717) is 19.2 Å². The summed E-state index contributed by atoms with van der Waals surface area (Å²) in [5.74, 6) is -2.95. The highest BCUT2D eigenvalue weighted by atomic mass is 19.1. The highest BCUT2D eigenvalue weighted by Crippen LogP contribution is 2.20. The summed E-state index contributed by atoms with van der Waals surface area (Å²) in [6, 6.07) is 0.962. The second-order valence-corrected chi connectivity index (χ2v) is 5.47. The summed E-state index contributed by atoms with van der Waals surface area (Å²) >= 11 is 0. The molecule has 0 heterocycles. The second kappa shape index (κ2) is 9.17. The first kappa shape index (κ1) is 19.8. The SMILES string of the molecule is CCN(CCCN(C)C)C(=O)Nc1cc(C(=O)OC)c(F)cc1F. The normalized spacial score (nSPS) is 10.6. The quantitative estimate of drug-likeness (QED) is 0.773. The Bertz CT molecular complexity index is 594. The molecule has 1 aromatic carbocycles. The molecule has 0 aromatic heterocycles. The van der Waals surface area contributed by atoms with Crippen LogP contribution in [0.4, 0.5) is 19.3 Å². The Kier molecular flexibility index (Phi) is 7.57. The maximum absolute atomic E-state index is 13.9. The third-order valence-corrected chi connectivity index (χ3v) is 3.41. The molecular formula is C16H23F2N3O3. The molecule has 1 N–H and O–H groups in total. The largest absolute Gasteiger partial charge is 0.465 e. The molecule has 1 aromatic rings. The van der Waals surface area contributed by atoms with E-state index in [9.17, 15) is 18.4 Å². The minimum Gasteiger partial charge on any atom is -0.465 e. The Morgan fingerprint density at radius 2 is 1.83 bits per heavy atom. The number of ether oxygens (including phenoxy) is 1. The summed E-state index contributed by atoms with van der Waals surface area (Å²) in [5.41, 5.74) is -0.710. The summed E-state index contributed by atoms with van der Waals surface area (Å²) in [5, 5.41) is 2.37. The summed E-state index contributed by atoms with van der Waals surface area (Å²) in [6.45, 7) is 3.54. The van der Waals surface area contributed by atoms with Crippen LogP contribution in [0.15, 0.2) is 12.1 Å². The first-order chi connectivity index (χ1) is 11.3. The van der Waals surface area contributed by atoms with Crippen molar-refractivity contribution in [2.24, 2.45) is 0 Å². The number of hydrogen-bond acceptors (Lipinski definition) is 4. The van der Waals surface area contributed by atoms with Crippen molar-refractivity contribution in [3.63, 3.8) is 0 Å². The zero-order valence-corrected chi connectivity index (χ0v) is 14.4. The number of nitrogens with zero attached hydrogens (tertiary/aromatic N) is 2. The Hall–Kier alpha value is -2.22. The lowest BCUT2D eigenvalue weighted by atomic mass is 10.2. The van der Waals surface area contributed by atoms with Crippen molar-refractivity contribution in [1.82, 2.24) is 9.80 Å². The van der Waals surface area contributed by atoms with Crippen molar-refractivity contribution in [3.8, 4) is 0 Å². The summed E-state index contributed by atoms with van der Waals surface area (Å²) in [6.07, 6.45) is 0.758. The monoisotopic (exact) mass is 343 g/mol. The molecule has 2 amide bonds. The van der Waals surface area contributed by atoms with Crippen molar-refractivity contribution in [2.75, 3.05) is 46.2 Å². The fourth-order valence-corrected chi connectivity index (χ4v) is 2.09. The van der Waals surface area contributed by atoms with Crippen LogP contribution in [0.3, 0.4) is 0 Å². The number of amides is 2. The molecule has 6 nitrogen and oxygen atoms in total. The van der Waals surface area contributed by atoms with Crippen LogP contribution in [0.2, 0.25) is 0 Å². The van der Waals surface area contributed by atoms with Crippen LogP contribution in [0.5, 0.6) is 0 Å². The average molecular weight is 343 g/mol. The predicted molar refractivity (Wildman–Crippen MR) is 87.1 cm³/mol. The van der Waals surface area contributed by atoms with Gasteiger partial charge in [-0.15, -0.1) is 0 Å². The van der Waals surface area contributed by atoms with Crippen LogP contribution in [0, 0.1) is 11.6 Å². The molecule has 0 radical (unpaired) electrons. The number of nitrogens with one attached hydrogen (secondary N) is 1. The zero-order valence-electron chi connectivity index (χ0n) is 14.4. The van der Waals surface area contributed by atoms with E-state index in [1.165, 1.54) is 4.90 Å². The van der Waals surface area contributed by atoms with Gasteiger partial charge in [-0.3, -0.25) is 0 Å². The first-order valence-electron chi connectivity index (χ1n) is 7.58. The van der Waals surface area contributed by atoms with Gasteiger partial charge in [0, 0.05) is 19.2 Å². The Morgan fingerprint density at radius 3 is 2.38 bits per heavy atom. The third-order valence-electron chi connectivity index (χ3n) is 3.41. The lowest BCUT2D eigenvalue weighted by Gasteiger charge is -2.22. The van der Waals surface area contributed by atoms with E-state index < -0.39 is 29.2 Å². The Morgan fingerprint density at radius 1 is 1.17 bits per heavy atom. The van der Waals surface area contributed by atoms with E-state index in [1.54, 1.807) is 6.92 Å². The maximum atomic E-state index is 13.9. The van der Waals surface area contributed by atoms with E-state index in [4.69, 9.17) is 0 Å². The Labute approximate surface area is 140 Å². The Balaban J connectivity index is 2.86. The topological polar surface area (TPSA) is 61.9 Å². The fraction of sp³-hybridized carbons (Fsp3) is 0.500. The molecule has 8 heteroatoms. The number of methoxy groups -OCH3 is 1. The molecule has 0 aliphatic carbocycles. The number of urea groups is 1. The van der Waals surface area contributed by atoms with Gasteiger partial charge in [0.05, 0.1) is 18.4 Å². The average Bonchev–Trinajstić information content (AvgIpc) is 2.52. The van der Waals surface area contributed by atoms with E-state index >= 15 is 0 Å². The van der Waals surface area contributed by atoms with Crippen molar-refractivity contribution >= 4 is 17.7 Å². The standard InChI is InChI=1S/C16H23F2N3O3/c1-5-21(8-6-7-20(2)3)16(23)19-14-9-11(15(22)24-4)12(17)10-13(14)18/h9-10H,5-8H2,1-4H3,(H,19,23). The van der Waals surface area contributed by atoms with Gasteiger partial charge in [0.15, 0.2) is 0 Å². The smallest absolute Gasteiger partial charge is 0.340 e. The summed E-state index contributed by atoms with van der Waals surface area (Å²) in [4.78, 5) is 27.2. The maximum Gasteiger partial charge on any atom is 0.340 e. The van der Waals surface area contributed by atoms with Crippen LogP contribution in [0.1, 0.15) is 23.7 Å². The number of halogens is 2. The molecule has 1 rings (SSSR count). The van der Waals surface area contributed by atoms with Crippen LogP contribution < -0.4 is 5.32 Å². The molecule has 0 aliphatic rings. The number of carbonyl (C=O) groups is 2. The van der Waals surface area contributed by atoms with Crippen LogP contribution in [-0.2, 0) is 4.74 Å². The van der Waals surface area contributed by atoms with Gasteiger partial charge in [-0.2, -0.15) is 0 Å². The van der Waals surface area contributed by atoms with Gasteiger partial charge in [-0.25, -0.2) is 18.4 Å². The molecule has 0 saturated heterocycles. The molecule has 134 valence electrons. The van der Waals surface area contributed by atoms with Gasteiger partial charge >= 0.3 is 12.0 Å². The molecule has 0 saturated carbocycles. The number of carbonyl (C=O) groups excluding carboxylic acids is 2. The van der Waals surface area contributed by atoms with Gasteiger partial charge in [-0.05, 0) is 40.1 Å². The summed E-state index contributed by atoms with van der Waals surface area (Å²) < 4.78 is 31.9. The van der Waals surface area contributed by atoms with Gasteiger partial charge < -0.3 is 19.9 Å². The molecule has 0 aliphatic heterocycles.